The smallest absolute Gasteiger partial charge is 0.146 e. The Morgan fingerprint density at radius 1 is 1.31 bits per heavy atom. The maximum absolute atomic E-state index is 13.4. The van der Waals surface area contributed by atoms with E-state index < -0.39 is 0 Å². The average molecular weight is 225 g/mol. The molecule has 0 aliphatic rings. The molecule has 0 bridgehead atoms. The number of ether oxygens (including phenoxy) is 1. The van der Waals surface area contributed by atoms with Crippen LogP contribution in [0, 0.1) is 12.7 Å². The quantitative estimate of drug-likeness (QED) is 0.793. The molecule has 0 aliphatic heterocycles. The maximum atomic E-state index is 13.4. The second-order valence-corrected chi connectivity index (χ2v) is 4.82. The van der Waals surface area contributed by atoms with Crippen LogP contribution in [0.5, 0.6) is 0 Å². The molecule has 0 fully saturated rings. The molecule has 1 aromatic rings. The van der Waals surface area contributed by atoms with Crippen molar-refractivity contribution in [3.8, 4) is 0 Å². The van der Waals surface area contributed by atoms with Gasteiger partial charge in [-0.25, -0.2) is 4.39 Å². The number of para-hydroxylation sites is 1. The number of anilines is 1. The van der Waals surface area contributed by atoms with Crippen molar-refractivity contribution in [1.82, 2.24) is 0 Å². The van der Waals surface area contributed by atoms with Crippen LogP contribution in [0.15, 0.2) is 18.2 Å². The van der Waals surface area contributed by atoms with Crippen molar-refractivity contribution in [2.75, 3.05) is 18.5 Å². The van der Waals surface area contributed by atoms with E-state index in [0.29, 0.717) is 18.8 Å². The lowest BCUT2D eigenvalue weighted by Gasteiger charge is -2.20. The summed E-state index contributed by atoms with van der Waals surface area (Å²) in [5.41, 5.74) is 1.34. The highest BCUT2D eigenvalue weighted by molar-refractivity contribution is 5.51. The van der Waals surface area contributed by atoms with Gasteiger partial charge < -0.3 is 10.1 Å². The molecule has 0 radical (unpaired) electrons. The lowest BCUT2D eigenvalue weighted by Crippen LogP contribution is -2.23. The van der Waals surface area contributed by atoms with Crippen LogP contribution < -0.4 is 5.32 Å². The van der Waals surface area contributed by atoms with E-state index in [1.807, 2.05) is 33.8 Å². The Bertz CT molecular complexity index is 324. The fraction of sp³-hybridized carbons (Fsp3) is 0.538. The van der Waals surface area contributed by atoms with Crippen molar-refractivity contribution in [2.24, 2.45) is 0 Å². The minimum absolute atomic E-state index is 0.147. The van der Waals surface area contributed by atoms with E-state index >= 15 is 0 Å². The Labute approximate surface area is 96.8 Å². The Hall–Kier alpha value is -1.09. The Morgan fingerprint density at radius 3 is 2.56 bits per heavy atom. The van der Waals surface area contributed by atoms with Gasteiger partial charge in [-0.1, -0.05) is 12.1 Å². The first-order valence-electron chi connectivity index (χ1n) is 5.53. The minimum atomic E-state index is -0.212. The van der Waals surface area contributed by atoms with Gasteiger partial charge in [-0.2, -0.15) is 0 Å². The first-order chi connectivity index (χ1) is 7.40. The molecule has 0 amide bonds. The fourth-order valence-corrected chi connectivity index (χ4v) is 1.39. The van der Waals surface area contributed by atoms with E-state index in [9.17, 15) is 4.39 Å². The van der Waals surface area contributed by atoms with Gasteiger partial charge in [0, 0.05) is 6.54 Å². The Kier molecular flexibility index (Phi) is 4.30. The van der Waals surface area contributed by atoms with Gasteiger partial charge in [0.15, 0.2) is 0 Å². The third kappa shape index (κ3) is 4.19. The van der Waals surface area contributed by atoms with Gasteiger partial charge >= 0.3 is 0 Å². The van der Waals surface area contributed by atoms with Crippen LogP contribution in [0.3, 0.4) is 0 Å². The molecule has 0 heterocycles. The van der Waals surface area contributed by atoms with Gasteiger partial charge in [-0.15, -0.1) is 0 Å². The summed E-state index contributed by atoms with van der Waals surface area (Å²) in [5, 5.41) is 3.05. The summed E-state index contributed by atoms with van der Waals surface area (Å²) in [6.07, 6.45) is 0. The summed E-state index contributed by atoms with van der Waals surface area (Å²) in [5.74, 6) is -0.212. The van der Waals surface area contributed by atoms with E-state index in [0.717, 1.165) is 5.56 Å². The van der Waals surface area contributed by atoms with Crippen LogP contribution in [0.1, 0.15) is 26.3 Å². The molecule has 1 aromatic carbocycles. The summed E-state index contributed by atoms with van der Waals surface area (Å²) >= 11 is 0. The zero-order valence-corrected chi connectivity index (χ0v) is 10.4. The molecule has 16 heavy (non-hydrogen) atoms. The highest BCUT2D eigenvalue weighted by Gasteiger charge is 2.09. The summed E-state index contributed by atoms with van der Waals surface area (Å²) in [6.45, 7) is 9.07. The number of nitrogens with one attached hydrogen (secondary N) is 1. The number of hydrogen-bond acceptors (Lipinski definition) is 2. The van der Waals surface area contributed by atoms with Crippen LogP contribution in [0.4, 0.5) is 10.1 Å². The number of hydrogen-bond donors (Lipinski definition) is 1. The van der Waals surface area contributed by atoms with Gasteiger partial charge in [0.1, 0.15) is 5.82 Å². The van der Waals surface area contributed by atoms with E-state index in [-0.39, 0.29) is 11.4 Å². The van der Waals surface area contributed by atoms with Crippen molar-refractivity contribution < 1.29 is 9.13 Å². The first-order valence-corrected chi connectivity index (χ1v) is 5.53. The average Bonchev–Trinajstić information content (AvgIpc) is 2.14. The summed E-state index contributed by atoms with van der Waals surface area (Å²) < 4.78 is 19.0. The van der Waals surface area contributed by atoms with Crippen LogP contribution in [-0.2, 0) is 4.74 Å². The van der Waals surface area contributed by atoms with Crippen molar-refractivity contribution >= 4 is 5.69 Å². The Morgan fingerprint density at radius 2 is 2.00 bits per heavy atom. The van der Waals surface area contributed by atoms with E-state index in [1.165, 1.54) is 6.07 Å². The zero-order chi connectivity index (χ0) is 12.2. The minimum Gasteiger partial charge on any atom is -0.380 e. The molecule has 0 unspecified atom stereocenters. The van der Waals surface area contributed by atoms with E-state index in [2.05, 4.69) is 5.32 Å². The van der Waals surface area contributed by atoms with E-state index in [4.69, 9.17) is 4.74 Å². The largest absolute Gasteiger partial charge is 0.380 e. The third-order valence-electron chi connectivity index (χ3n) is 2.16. The first kappa shape index (κ1) is 13.0. The van der Waals surface area contributed by atoms with Crippen LogP contribution >= 0.6 is 0 Å². The fourth-order valence-electron chi connectivity index (χ4n) is 1.39. The van der Waals surface area contributed by atoms with Crippen LogP contribution in [0.2, 0.25) is 0 Å². The lowest BCUT2D eigenvalue weighted by atomic mass is 10.2. The van der Waals surface area contributed by atoms with Gasteiger partial charge in [0.25, 0.3) is 0 Å². The lowest BCUT2D eigenvalue weighted by molar-refractivity contribution is 0.00332. The molecule has 1 rings (SSSR count). The predicted molar refractivity (Wildman–Crippen MR) is 65.3 cm³/mol. The molecular formula is C13H20FNO. The molecule has 0 saturated heterocycles. The summed E-state index contributed by atoms with van der Waals surface area (Å²) in [6, 6.07) is 5.05. The van der Waals surface area contributed by atoms with Crippen LogP contribution in [0.25, 0.3) is 0 Å². The molecule has 0 aromatic heterocycles. The zero-order valence-electron chi connectivity index (χ0n) is 10.4. The molecule has 1 N–H and O–H groups in total. The monoisotopic (exact) mass is 225 g/mol. The van der Waals surface area contributed by atoms with Gasteiger partial charge in [0.05, 0.1) is 17.9 Å². The second kappa shape index (κ2) is 5.30. The predicted octanol–water partition coefficient (Wildman–Crippen LogP) is 3.36. The van der Waals surface area contributed by atoms with Crippen molar-refractivity contribution in [3.05, 3.63) is 29.6 Å². The molecule has 0 spiro atoms. The maximum Gasteiger partial charge on any atom is 0.146 e. The van der Waals surface area contributed by atoms with Crippen molar-refractivity contribution in [2.45, 2.75) is 33.3 Å². The van der Waals surface area contributed by atoms with Crippen LogP contribution in [-0.4, -0.2) is 18.8 Å². The highest BCUT2D eigenvalue weighted by atomic mass is 19.1. The molecular weight excluding hydrogens is 205 g/mol. The molecule has 2 nitrogen and oxygen atoms in total. The normalized spacial score (nSPS) is 11.6. The molecule has 0 saturated carbocycles. The number of aryl methyl sites for hydroxylation is 1. The Balaban J connectivity index is 2.43. The van der Waals surface area contributed by atoms with Gasteiger partial charge in [-0.3, -0.25) is 0 Å². The molecule has 90 valence electrons. The van der Waals surface area contributed by atoms with Gasteiger partial charge in [0.2, 0.25) is 0 Å². The topological polar surface area (TPSA) is 21.3 Å². The van der Waals surface area contributed by atoms with Gasteiger partial charge in [-0.05, 0) is 39.3 Å². The highest BCUT2D eigenvalue weighted by Crippen LogP contribution is 2.18. The standard InChI is InChI=1S/C13H20FNO/c1-10-6-5-7-11(14)12(10)15-8-9-16-13(2,3)4/h5-7,15H,8-9H2,1-4H3. The summed E-state index contributed by atoms with van der Waals surface area (Å²) in [7, 11) is 0. The second-order valence-electron chi connectivity index (χ2n) is 4.82. The SMILES string of the molecule is Cc1cccc(F)c1NCCOC(C)(C)C. The summed E-state index contributed by atoms with van der Waals surface area (Å²) in [4.78, 5) is 0. The molecule has 3 heteroatoms. The van der Waals surface area contributed by atoms with Crippen molar-refractivity contribution in [1.29, 1.82) is 0 Å². The van der Waals surface area contributed by atoms with E-state index in [1.54, 1.807) is 6.07 Å². The number of halogens is 1. The number of rotatable bonds is 4. The van der Waals surface area contributed by atoms with Crippen molar-refractivity contribution in [3.63, 3.8) is 0 Å². The molecule has 0 atom stereocenters. The number of benzene rings is 1. The molecule has 0 aliphatic carbocycles. The third-order valence-corrected chi connectivity index (χ3v) is 2.16.